The van der Waals surface area contributed by atoms with Crippen LogP contribution in [-0.4, -0.2) is 16.0 Å². The number of hydrogen-bond donors (Lipinski definition) is 3. The third-order valence-electron chi connectivity index (χ3n) is 2.87. The lowest BCUT2D eigenvalue weighted by Gasteiger charge is -2.29. The molecule has 0 fully saturated rings. The maximum atomic E-state index is 11.7. The van der Waals surface area contributed by atoms with E-state index in [0.717, 1.165) is 11.3 Å². The van der Waals surface area contributed by atoms with E-state index >= 15 is 0 Å². The SMILES string of the molecule is CC(=O)C1=C(C)NC(=S)NC1c1ccc(O)cc1. The molecule has 1 unspecified atom stereocenters. The number of hydrogen-bond acceptors (Lipinski definition) is 3. The van der Waals surface area contributed by atoms with Crippen LogP contribution in [0.5, 0.6) is 5.75 Å². The Morgan fingerprint density at radius 3 is 2.50 bits per heavy atom. The summed E-state index contributed by atoms with van der Waals surface area (Å²) in [5.74, 6) is 0.188. The molecule has 1 atom stereocenters. The molecule has 0 saturated heterocycles. The highest BCUT2D eigenvalue weighted by Crippen LogP contribution is 2.28. The van der Waals surface area contributed by atoms with Crippen molar-refractivity contribution in [3.63, 3.8) is 0 Å². The van der Waals surface area contributed by atoms with Crippen LogP contribution in [0.4, 0.5) is 0 Å². The summed E-state index contributed by atoms with van der Waals surface area (Å²) in [7, 11) is 0. The molecule has 0 bridgehead atoms. The number of ketones is 1. The molecule has 1 aromatic carbocycles. The molecule has 0 saturated carbocycles. The Balaban J connectivity index is 2.46. The number of nitrogens with one attached hydrogen (secondary N) is 2. The Morgan fingerprint density at radius 2 is 1.94 bits per heavy atom. The van der Waals surface area contributed by atoms with Crippen molar-refractivity contribution in [2.24, 2.45) is 0 Å². The van der Waals surface area contributed by atoms with Crippen LogP contribution in [0.25, 0.3) is 0 Å². The lowest BCUT2D eigenvalue weighted by molar-refractivity contribution is -0.114. The van der Waals surface area contributed by atoms with Gasteiger partial charge < -0.3 is 15.7 Å². The van der Waals surface area contributed by atoms with Gasteiger partial charge in [-0.1, -0.05) is 12.1 Å². The highest BCUT2D eigenvalue weighted by Gasteiger charge is 2.27. The zero-order chi connectivity index (χ0) is 13.3. The fourth-order valence-electron chi connectivity index (χ4n) is 2.08. The molecule has 0 aliphatic carbocycles. The summed E-state index contributed by atoms with van der Waals surface area (Å²) in [5.41, 5.74) is 2.32. The minimum Gasteiger partial charge on any atom is -0.508 e. The quantitative estimate of drug-likeness (QED) is 0.709. The lowest BCUT2D eigenvalue weighted by atomic mass is 9.93. The van der Waals surface area contributed by atoms with Gasteiger partial charge in [0.1, 0.15) is 5.75 Å². The van der Waals surface area contributed by atoms with Crippen LogP contribution >= 0.6 is 12.2 Å². The maximum absolute atomic E-state index is 11.7. The third-order valence-corrected chi connectivity index (χ3v) is 3.09. The number of carbonyl (C=O) groups excluding carboxylic acids is 1. The van der Waals surface area contributed by atoms with Crippen LogP contribution in [0, 0.1) is 0 Å². The molecular weight excluding hydrogens is 248 g/mol. The summed E-state index contributed by atoms with van der Waals surface area (Å²) < 4.78 is 0. The van der Waals surface area contributed by atoms with Gasteiger partial charge in [-0.2, -0.15) is 0 Å². The number of allylic oxidation sites excluding steroid dienone is 1. The number of thiocarbonyl (C=S) groups is 1. The van der Waals surface area contributed by atoms with Crippen LogP contribution in [0.1, 0.15) is 25.5 Å². The second-order valence-corrected chi connectivity index (χ2v) is 4.63. The predicted molar refractivity (Wildman–Crippen MR) is 73.1 cm³/mol. The number of phenols is 1. The van der Waals surface area contributed by atoms with Gasteiger partial charge in [-0.25, -0.2) is 0 Å². The molecule has 94 valence electrons. The van der Waals surface area contributed by atoms with Crippen LogP contribution in [0.15, 0.2) is 35.5 Å². The van der Waals surface area contributed by atoms with E-state index in [2.05, 4.69) is 10.6 Å². The van der Waals surface area contributed by atoms with Crippen LogP contribution < -0.4 is 10.6 Å². The van der Waals surface area contributed by atoms with E-state index in [9.17, 15) is 9.90 Å². The monoisotopic (exact) mass is 262 g/mol. The molecule has 0 aromatic heterocycles. The first kappa shape index (κ1) is 12.6. The number of rotatable bonds is 2. The summed E-state index contributed by atoms with van der Waals surface area (Å²) in [6.45, 7) is 3.36. The van der Waals surface area contributed by atoms with Crippen molar-refractivity contribution in [3.05, 3.63) is 41.1 Å². The summed E-state index contributed by atoms with van der Waals surface area (Å²) in [6, 6.07) is 6.47. The molecule has 2 rings (SSSR count). The first-order valence-corrected chi connectivity index (χ1v) is 5.98. The van der Waals surface area contributed by atoms with E-state index in [1.54, 1.807) is 24.3 Å². The molecule has 1 aromatic rings. The zero-order valence-corrected chi connectivity index (χ0v) is 11.0. The van der Waals surface area contributed by atoms with Crippen molar-refractivity contribution in [3.8, 4) is 5.75 Å². The Hall–Kier alpha value is -1.88. The van der Waals surface area contributed by atoms with Gasteiger partial charge in [-0.05, 0) is 43.8 Å². The van der Waals surface area contributed by atoms with Gasteiger partial charge in [-0.3, -0.25) is 4.79 Å². The number of phenolic OH excluding ortho intramolecular Hbond substituents is 1. The van der Waals surface area contributed by atoms with Crippen molar-refractivity contribution in [1.29, 1.82) is 0 Å². The number of Topliss-reactive ketones (excluding diaryl/α,β-unsaturated/α-hetero) is 1. The highest BCUT2D eigenvalue weighted by atomic mass is 32.1. The number of aromatic hydroxyl groups is 1. The zero-order valence-electron chi connectivity index (χ0n) is 10.2. The topological polar surface area (TPSA) is 61.4 Å². The van der Waals surface area contributed by atoms with Crippen molar-refractivity contribution in [1.82, 2.24) is 10.6 Å². The number of carbonyl (C=O) groups is 1. The second-order valence-electron chi connectivity index (χ2n) is 4.22. The normalized spacial score (nSPS) is 19.2. The molecule has 4 nitrogen and oxygen atoms in total. The minimum atomic E-state index is -0.267. The average Bonchev–Trinajstić information content (AvgIpc) is 2.28. The summed E-state index contributed by atoms with van der Waals surface area (Å²) >= 11 is 5.11. The second kappa shape index (κ2) is 4.78. The molecule has 1 heterocycles. The number of benzene rings is 1. The van der Waals surface area contributed by atoms with Crippen LogP contribution in [0.3, 0.4) is 0 Å². The van der Waals surface area contributed by atoms with Crippen molar-refractivity contribution < 1.29 is 9.90 Å². The van der Waals surface area contributed by atoms with Crippen molar-refractivity contribution in [2.75, 3.05) is 0 Å². The molecule has 3 N–H and O–H groups in total. The van der Waals surface area contributed by atoms with E-state index < -0.39 is 0 Å². The van der Waals surface area contributed by atoms with Crippen LogP contribution in [-0.2, 0) is 4.79 Å². The molecule has 1 aliphatic heterocycles. The largest absolute Gasteiger partial charge is 0.508 e. The molecule has 0 amide bonds. The first-order chi connectivity index (χ1) is 8.49. The molecule has 0 radical (unpaired) electrons. The van der Waals surface area contributed by atoms with Crippen molar-refractivity contribution >= 4 is 23.1 Å². The standard InChI is InChI=1S/C13H14N2O2S/c1-7-11(8(2)16)12(15-13(18)14-7)9-3-5-10(17)6-4-9/h3-6,12,17H,1-2H3,(H2,14,15,18). The minimum absolute atomic E-state index is 0.00641. The lowest BCUT2D eigenvalue weighted by Crippen LogP contribution is -2.44. The van der Waals surface area contributed by atoms with Gasteiger partial charge in [-0.15, -0.1) is 0 Å². The predicted octanol–water partition coefficient (Wildman–Crippen LogP) is 1.77. The fraction of sp³-hybridized carbons (Fsp3) is 0.231. The maximum Gasteiger partial charge on any atom is 0.171 e. The van der Waals surface area contributed by atoms with Gasteiger partial charge in [0, 0.05) is 11.3 Å². The van der Waals surface area contributed by atoms with Gasteiger partial charge in [0.25, 0.3) is 0 Å². The molecule has 0 spiro atoms. The van der Waals surface area contributed by atoms with Crippen molar-refractivity contribution in [2.45, 2.75) is 19.9 Å². The first-order valence-electron chi connectivity index (χ1n) is 5.57. The van der Waals surface area contributed by atoms with E-state index in [1.807, 2.05) is 6.92 Å². The summed E-state index contributed by atoms with van der Waals surface area (Å²) in [6.07, 6.45) is 0. The summed E-state index contributed by atoms with van der Waals surface area (Å²) in [5, 5.41) is 15.8. The van der Waals surface area contributed by atoms with Gasteiger partial charge >= 0.3 is 0 Å². The Labute approximate surface area is 111 Å². The Kier molecular flexibility index (Phi) is 3.34. The van der Waals surface area contributed by atoms with E-state index in [1.165, 1.54) is 6.92 Å². The molecule has 18 heavy (non-hydrogen) atoms. The van der Waals surface area contributed by atoms with Gasteiger partial charge in [0.15, 0.2) is 10.9 Å². The molecule has 5 heteroatoms. The van der Waals surface area contributed by atoms with Gasteiger partial charge in [0.2, 0.25) is 0 Å². The Morgan fingerprint density at radius 1 is 1.33 bits per heavy atom. The smallest absolute Gasteiger partial charge is 0.171 e. The van der Waals surface area contributed by atoms with Gasteiger partial charge in [0.05, 0.1) is 6.04 Å². The molecule has 1 aliphatic rings. The third kappa shape index (κ3) is 2.36. The molecular formula is C13H14N2O2S. The highest BCUT2D eigenvalue weighted by molar-refractivity contribution is 7.80. The summed E-state index contributed by atoms with van der Waals surface area (Å²) in [4.78, 5) is 11.7. The van der Waals surface area contributed by atoms with Crippen LogP contribution in [0.2, 0.25) is 0 Å². The van der Waals surface area contributed by atoms with E-state index in [4.69, 9.17) is 12.2 Å². The van der Waals surface area contributed by atoms with E-state index in [0.29, 0.717) is 10.7 Å². The average molecular weight is 262 g/mol. The Bertz CT molecular complexity index is 534. The van der Waals surface area contributed by atoms with E-state index in [-0.39, 0.29) is 17.6 Å². The fourth-order valence-corrected chi connectivity index (χ4v) is 2.35.